The molecule has 1 aliphatic rings. The van der Waals surface area contributed by atoms with E-state index in [0.29, 0.717) is 34.8 Å². The van der Waals surface area contributed by atoms with Crippen LogP contribution in [0.25, 0.3) is 0 Å². The highest BCUT2D eigenvalue weighted by atomic mass is 35.5. The van der Waals surface area contributed by atoms with Gasteiger partial charge in [0, 0.05) is 35.8 Å². The first-order chi connectivity index (χ1) is 12.9. The van der Waals surface area contributed by atoms with Crippen LogP contribution >= 0.6 is 23.2 Å². The van der Waals surface area contributed by atoms with Crippen LogP contribution in [0.1, 0.15) is 24.1 Å². The van der Waals surface area contributed by atoms with Gasteiger partial charge in [0.15, 0.2) is 0 Å². The van der Waals surface area contributed by atoms with Gasteiger partial charge in [-0.1, -0.05) is 23.2 Å². The number of aryl methyl sites for hydroxylation is 2. The number of piperidine rings is 1. The van der Waals surface area contributed by atoms with Crippen LogP contribution < -0.4 is 10.1 Å². The van der Waals surface area contributed by atoms with Crippen molar-refractivity contribution in [3.63, 3.8) is 0 Å². The number of pyridine rings is 1. The summed E-state index contributed by atoms with van der Waals surface area (Å²) < 4.78 is 5.85. The third-order valence-electron chi connectivity index (χ3n) is 4.51. The van der Waals surface area contributed by atoms with Gasteiger partial charge in [-0.2, -0.15) is 0 Å². The van der Waals surface area contributed by atoms with E-state index >= 15 is 0 Å². The lowest BCUT2D eigenvalue weighted by molar-refractivity contribution is 0.145. The lowest BCUT2D eigenvalue weighted by Gasteiger charge is -2.32. The predicted molar refractivity (Wildman–Crippen MR) is 109 cm³/mol. The van der Waals surface area contributed by atoms with Gasteiger partial charge in [0.25, 0.3) is 0 Å². The molecule has 144 valence electrons. The summed E-state index contributed by atoms with van der Waals surface area (Å²) in [4.78, 5) is 18.8. The molecule has 0 spiro atoms. The number of hydrogen-bond acceptors (Lipinski definition) is 3. The van der Waals surface area contributed by atoms with E-state index in [1.807, 2.05) is 30.9 Å². The number of urea groups is 1. The Hall–Kier alpha value is -1.98. The monoisotopic (exact) mass is 407 g/mol. The van der Waals surface area contributed by atoms with Gasteiger partial charge >= 0.3 is 6.03 Å². The second-order valence-electron chi connectivity index (χ2n) is 6.94. The van der Waals surface area contributed by atoms with Crippen molar-refractivity contribution in [1.29, 1.82) is 0 Å². The van der Waals surface area contributed by atoms with Gasteiger partial charge in [-0.25, -0.2) is 9.78 Å². The molecule has 1 atom stereocenters. The van der Waals surface area contributed by atoms with Gasteiger partial charge in [0.2, 0.25) is 0 Å². The molecule has 3 rings (SSSR count). The number of benzene rings is 1. The van der Waals surface area contributed by atoms with Gasteiger partial charge in [-0.05, 0) is 56.5 Å². The number of likely N-dealkylation sites (tertiary alicyclic amines) is 1. The van der Waals surface area contributed by atoms with Gasteiger partial charge in [-0.3, -0.25) is 5.32 Å². The minimum atomic E-state index is -0.127. The van der Waals surface area contributed by atoms with Gasteiger partial charge in [0.1, 0.15) is 11.6 Å². The van der Waals surface area contributed by atoms with Gasteiger partial charge in [0.05, 0.1) is 11.6 Å². The third kappa shape index (κ3) is 5.50. The molecule has 1 N–H and O–H groups in total. The van der Waals surface area contributed by atoms with Crippen LogP contribution in [-0.2, 0) is 0 Å². The second-order valence-corrected chi connectivity index (χ2v) is 7.78. The summed E-state index contributed by atoms with van der Waals surface area (Å²) in [6.45, 7) is 5.75. The van der Waals surface area contributed by atoms with Gasteiger partial charge < -0.3 is 9.64 Å². The van der Waals surface area contributed by atoms with Crippen molar-refractivity contribution in [3.8, 4) is 5.75 Å². The highest BCUT2D eigenvalue weighted by Crippen LogP contribution is 2.29. The third-order valence-corrected chi connectivity index (χ3v) is 5.05. The molecule has 2 amide bonds. The Balaban J connectivity index is 1.56. The molecule has 0 bridgehead atoms. The van der Waals surface area contributed by atoms with E-state index in [1.54, 1.807) is 18.2 Å². The van der Waals surface area contributed by atoms with Crippen LogP contribution in [0.5, 0.6) is 5.75 Å². The molecule has 1 saturated heterocycles. The van der Waals surface area contributed by atoms with Crippen LogP contribution in [0, 0.1) is 19.8 Å². The van der Waals surface area contributed by atoms with Crippen LogP contribution in [0.4, 0.5) is 10.6 Å². The first-order valence-electron chi connectivity index (χ1n) is 9.00. The van der Waals surface area contributed by atoms with Crippen molar-refractivity contribution < 1.29 is 9.53 Å². The van der Waals surface area contributed by atoms with Crippen molar-refractivity contribution >= 4 is 35.1 Å². The molecule has 27 heavy (non-hydrogen) atoms. The van der Waals surface area contributed by atoms with Crippen LogP contribution in [0.15, 0.2) is 30.3 Å². The van der Waals surface area contributed by atoms with Crippen LogP contribution in [0.2, 0.25) is 10.0 Å². The number of carbonyl (C=O) groups excluding carboxylic acids is 1. The van der Waals surface area contributed by atoms with Crippen molar-refractivity contribution in [3.05, 3.63) is 51.6 Å². The van der Waals surface area contributed by atoms with E-state index in [-0.39, 0.29) is 11.9 Å². The van der Waals surface area contributed by atoms with Crippen LogP contribution in [0.3, 0.4) is 0 Å². The summed E-state index contributed by atoms with van der Waals surface area (Å²) in [5, 5.41) is 4.02. The molecule has 0 saturated carbocycles. The number of hydrogen-bond donors (Lipinski definition) is 1. The van der Waals surface area contributed by atoms with E-state index in [9.17, 15) is 4.79 Å². The highest BCUT2D eigenvalue weighted by molar-refractivity contribution is 6.34. The summed E-state index contributed by atoms with van der Waals surface area (Å²) in [6.07, 6.45) is 1.94. The smallest absolute Gasteiger partial charge is 0.323 e. The van der Waals surface area contributed by atoms with E-state index in [0.717, 1.165) is 30.6 Å². The molecule has 0 aliphatic carbocycles. The van der Waals surface area contributed by atoms with Crippen molar-refractivity contribution in [2.45, 2.75) is 26.7 Å². The number of rotatable bonds is 4. The number of nitrogens with one attached hydrogen (secondary N) is 1. The maximum absolute atomic E-state index is 12.6. The fourth-order valence-corrected chi connectivity index (χ4v) is 3.61. The molecule has 1 fully saturated rings. The lowest BCUT2D eigenvalue weighted by Crippen LogP contribution is -2.43. The Labute approximate surface area is 169 Å². The zero-order valence-electron chi connectivity index (χ0n) is 15.5. The molecule has 1 aliphatic heterocycles. The maximum Gasteiger partial charge on any atom is 0.323 e. The summed E-state index contributed by atoms with van der Waals surface area (Å²) in [6, 6.07) is 8.88. The molecule has 5 nitrogen and oxygen atoms in total. The van der Waals surface area contributed by atoms with E-state index in [2.05, 4.69) is 10.3 Å². The first kappa shape index (κ1) is 19.8. The largest absolute Gasteiger partial charge is 0.492 e. The number of ether oxygens (including phenoxy) is 1. The molecule has 7 heteroatoms. The maximum atomic E-state index is 12.6. The molecule has 1 aromatic heterocycles. The van der Waals surface area contributed by atoms with Gasteiger partial charge in [-0.15, -0.1) is 0 Å². The molecule has 1 aromatic carbocycles. The highest BCUT2D eigenvalue weighted by Gasteiger charge is 2.24. The molecule has 1 unspecified atom stereocenters. The Kier molecular flexibility index (Phi) is 6.45. The SMILES string of the molecule is Cc1cc(C)nc(NC(=O)N2CCCC(COc3cc(Cl)ccc3Cl)C2)c1. The lowest BCUT2D eigenvalue weighted by atomic mass is 9.99. The minimum absolute atomic E-state index is 0.127. The van der Waals surface area contributed by atoms with Crippen molar-refractivity contribution in [1.82, 2.24) is 9.88 Å². The zero-order valence-corrected chi connectivity index (χ0v) is 17.0. The molecule has 0 radical (unpaired) electrons. The molecule has 2 heterocycles. The van der Waals surface area contributed by atoms with E-state index in [4.69, 9.17) is 27.9 Å². The standard InChI is InChI=1S/C20H23Cl2N3O2/c1-13-8-14(2)23-19(9-13)24-20(26)25-7-3-4-15(11-25)12-27-18-10-16(21)5-6-17(18)22/h5-6,8-10,15H,3-4,7,11-12H2,1-2H3,(H,23,24,26). The molecule has 2 aromatic rings. The summed E-state index contributed by atoms with van der Waals surface area (Å²) >= 11 is 12.1. The number of anilines is 1. The normalized spacial score (nSPS) is 16.9. The van der Waals surface area contributed by atoms with E-state index < -0.39 is 0 Å². The Bertz CT molecular complexity index is 809. The predicted octanol–water partition coefficient (Wildman–Crippen LogP) is 5.33. The fraction of sp³-hybridized carbons (Fsp3) is 0.400. The Morgan fingerprint density at radius 1 is 1.30 bits per heavy atom. The first-order valence-corrected chi connectivity index (χ1v) is 9.75. The fourth-order valence-electron chi connectivity index (χ4n) is 3.28. The van der Waals surface area contributed by atoms with Crippen molar-refractivity contribution in [2.24, 2.45) is 5.92 Å². The second kappa shape index (κ2) is 8.81. The minimum Gasteiger partial charge on any atom is -0.492 e. The number of halogens is 2. The zero-order chi connectivity index (χ0) is 19.4. The number of amides is 2. The number of nitrogens with zero attached hydrogens (tertiary/aromatic N) is 2. The number of carbonyl (C=O) groups is 1. The molecular formula is C20H23Cl2N3O2. The average molecular weight is 408 g/mol. The van der Waals surface area contributed by atoms with Crippen molar-refractivity contribution in [2.75, 3.05) is 25.0 Å². The topological polar surface area (TPSA) is 54.5 Å². The summed E-state index contributed by atoms with van der Waals surface area (Å²) in [5.41, 5.74) is 1.95. The molecular weight excluding hydrogens is 385 g/mol. The van der Waals surface area contributed by atoms with E-state index in [1.165, 1.54) is 0 Å². The quantitative estimate of drug-likeness (QED) is 0.744. The van der Waals surface area contributed by atoms with Crippen LogP contribution in [-0.4, -0.2) is 35.6 Å². The average Bonchev–Trinajstić information content (AvgIpc) is 2.62. The summed E-state index contributed by atoms with van der Waals surface area (Å²) in [7, 11) is 0. The Morgan fingerprint density at radius 3 is 2.89 bits per heavy atom. The number of aromatic nitrogens is 1. The Morgan fingerprint density at radius 2 is 2.11 bits per heavy atom. The summed E-state index contributed by atoms with van der Waals surface area (Å²) in [5.74, 6) is 1.40.